The first-order valence-electron chi connectivity index (χ1n) is 2.88. The van der Waals surface area contributed by atoms with E-state index in [1.807, 2.05) is 13.0 Å². The van der Waals surface area contributed by atoms with Crippen LogP contribution in [0.15, 0.2) is 10.5 Å². The Kier molecular flexibility index (Phi) is 2.48. The van der Waals surface area contributed by atoms with Crippen molar-refractivity contribution in [1.29, 1.82) is 5.26 Å². The molecule has 56 valence electrons. The molecule has 11 heavy (non-hydrogen) atoms. The van der Waals surface area contributed by atoms with Crippen LogP contribution in [0.4, 0.5) is 0 Å². The van der Waals surface area contributed by atoms with Gasteiger partial charge >= 0.3 is 0 Å². The molecule has 0 atom stereocenters. The Morgan fingerprint density at radius 1 is 1.73 bits per heavy atom. The Labute approximate surface area is 77.9 Å². The Balaban J connectivity index is 3.39. The first-order chi connectivity index (χ1) is 5.15. The molecule has 0 aliphatic carbocycles. The molecule has 0 aromatic carbocycles. The highest BCUT2D eigenvalue weighted by Gasteiger charge is 2.04. The van der Waals surface area contributed by atoms with E-state index in [9.17, 15) is 0 Å². The highest BCUT2D eigenvalue weighted by Crippen LogP contribution is 2.21. The van der Waals surface area contributed by atoms with Crippen molar-refractivity contribution in [2.24, 2.45) is 0 Å². The van der Waals surface area contributed by atoms with Crippen molar-refractivity contribution in [3.63, 3.8) is 0 Å². The van der Waals surface area contributed by atoms with Crippen molar-refractivity contribution < 1.29 is 0 Å². The third-order valence-corrected chi connectivity index (χ3v) is 2.30. The molecule has 0 fully saturated rings. The lowest BCUT2D eigenvalue weighted by Crippen LogP contribution is -1.89. The molecule has 0 saturated carbocycles. The van der Waals surface area contributed by atoms with Crippen LogP contribution in [-0.4, -0.2) is 4.98 Å². The van der Waals surface area contributed by atoms with Crippen LogP contribution in [0.25, 0.3) is 0 Å². The summed E-state index contributed by atoms with van der Waals surface area (Å²) in [6.07, 6.45) is 0. The summed E-state index contributed by atoms with van der Waals surface area (Å²) < 4.78 is 0.814. The van der Waals surface area contributed by atoms with Crippen molar-refractivity contribution in [2.45, 2.75) is 6.92 Å². The van der Waals surface area contributed by atoms with Gasteiger partial charge in [-0.1, -0.05) is 27.5 Å². The average Bonchev–Trinajstić information content (AvgIpc) is 1.96. The number of hydrogen-bond acceptors (Lipinski definition) is 2. The summed E-state index contributed by atoms with van der Waals surface area (Å²) in [5, 5.41) is 8.91. The summed E-state index contributed by atoms with van der Waals surface area (Å²) in [7, 11) is 0. The van der Waals surface area contributed by atoms with Gasteiger partial charge in [0.1, 0.15) is 16.9 Å². The second-order valence-corrected chi connectivity index (χ2v) is 3.25. The molecule has 0 aliphatic heterocycles. The first kappa shape index (κ1) is 8.51. The minimum absolute atomic E-state index is 0.332. The monoisotopic (exact) mass is 230 g/mol. The van der Waals surface area contributed by atoms with Crippen LogP contribution in [0, 0.1) is 18.3 Å². The zero-order valence-corrected chi connectivity index (χ0v) is 8.07. The highest BCUT2D eigenvalue weighted by atomic mass is 79.9. The summed E-state index contributed by atoms with van der Waals surface area (Å²) in [6.45, 7) is 1.81. The van der Waals surface area contributed by atoms with Gasteiger partial charge in [-0.3, -0.25) is 0 Å². The number of pyridine rings is 1. The van der Waals surface area contributed by atoms with Crippen LogP contribution in [0.3, 0.4) is 0 Å². The van der Waals surface area contributed by atoms with E-state index in [1.165, 1.54) is 0 Å². The number of rotatable bonds is 0. The molecule has 0 spiro atoms. The molecule has 0 aliphatic rings. The van der Waals surface area contributed by atoms with Crippen molar-refractivity contribution in [3.8, 4) is 6.07 Å². The molecular formula is C7H4BrClN2. The summed E-state index contributed by atoms with van der Waals surface area (Å²) in [5.74, 6) is 0. The molecule has 0 N–H and O–H groups in total. The largest absolute Gasteiger partial charge is 0.225 e. The van der Waals surface area contributed by atoms with Crippen molar-refractivity contribution in [2.75, 3.05) is 0 Å². The topological polar surface area (TPSA) is 36.7 Å². The van der Waals surface area contributed by atoms with Crippen LogP contribution in [-0.2, 0) is 0 Å². The molecular weight excluding hydrogens is 227 g/mol. The van der Waals surface area contributed by atoms with E-state index in [0.717, 1.165) is 10.0 Å². The van der Waals surface area contributed by atoms with E-state index in [2.05, 4.69) is 20.9 Å². The van der Waals surface area contributed by atoms with E-state index in [4.69, 9.17) is 16.9 Å². The first-order valence-corrected chi connectivity index (χ1v) is 4.05. The van der Waals surface area contributed by atoms with E-state index in [0.29, 0.717) is 10.8 Å². The average molecular weight is 231 g/mol. The third kappa shape index (κ3) is 1.70. The standard InChI is InChI=1S/C7H4BrClN2/c1-4-5(8)2-7(9)11-6(4)3-10/h2H,1H3. The lowest BCUT2D eigenvalue weighted by molar-refractivity contribution is 1.20. The van der Waals surface area contributed by atoms with E-state index >= 15 is 0 Å². The predicted molar refractivity (Wildman–Crippen MR) is 46.4 cm³/mol. The molecule has 1 rings (SSSR count). The maximum Gasteiger partial charge on any atom is 0.146 e. The number of nitriles is 1. The highest BCUT2D eigenvalue weighted by molar-refractivity contribution is 9.10. The SMILES string of the molecule is Cc1c(Br)cc(Cl)nc1C#N. The van der Waals surface area contributed by atoms with Gasteiger partial charge in [0.25, 0.3) is 0 Å². The summed E-state index contributed by atoms with van der Waals surface area (Å²) >= 11 is 8.87. The van der Waals surface area contributed by atoms with Crippen LogP contribution >= 0.6 is 27.5 Å². The molecule has 0 bridgehead atoms. The second kappa shape index (κ2) is 3.21. The van der Waals surface area contributed by atoms with Crippen LogP contribution < -0.4 is 0 Å². The van der Waals surface area contributed by atoms with Gasteiger partial charge in [0.05, 0.1) is 0 Å². The van der Waals surface area contributed by atoms with E-state index in [-0.39, 0.29) is 0 Å². The van der Waals surface area contributed by atoms with E-state index in [1.54, 1.807) is 6.07 Å². The number of halogens is 2. The van der Waals surface area contributed by atoms with E-state index < -0.39 is 0 Å². The van der Waals surface area contributed by atoms with Crippen molar-refractivity contribution in [3.05, 3.63) is 26.9 Å². The molecule has 1 heterocycles. The lowest BCUT2D eigenvalue weighted by Gasteiger charge is -1.98. The molecule has 2 nitrogen and oxygen atoms in total. The predicted octanol–water partition coefficient (Wildman–Crippen LogP) is 2.68. The summed E-state index contributed by atoms with van der Waals surface area (Å²) in [4.78, 5) is 3.83. The molecule has 4 heteroatoms. The maximum absolute atomic E-state index is 8.58. The Morgan fingerprint density at radius 2 is 2.36 bits per heavy atom. The van der Waals surface area contributed by atoms with Crippen molar-refractivity contribution in [1.82, 2.24) is 4.98 Å². The fourth-order valence-electron chi connectivity index (χ4n) is 0.658. The van der Waals surface area contributed by atoms with Gasteiger partial charge in [-0.25, -0.2) is 4.98 Å². The summed E-state index contributed by atoms with van der Waals surface area (Å²) in [6, 6.07) is 3.62. The molecule has 0 radical (unpaired) electrons. The Hall–Kier alpha value is -0.590. The normalized spacial score (nSPS) is 9.27. The number of nitrogens with zero attached hydrogens (tertiary/aromatic N) is 2. The van der Waals surface area contributed by atoms with Gasteiger partial charge < -0.3 is 0 Å². The van der Waals surface area contributed by atoms with Gasteiger partial charge in [-0.2, -0.15) is 5.26 Å². The molecule has 0 unspecified atom stereocenters. The fraction of sp³-hybridized carbons (Fsp3) is 0.143. The number of hydrogen-bond donors (Lipinski definition) is 0. The Bertz CT molecular complexity index is 330. The minimum Gasteiger partial charge on any atom is -0.225 e. The molecule has 0 saturated heterocycles. The van der Waals surface area contributed by atoms with Gasteiger partial charge in [0.15, 0.2) is 0 Å². The number of aromatic nitrogens is 1. The van der Waals surface area contributed by atoms with Crippen LogP contribution in [0.2, 0.25) is 5.15 Å². The quantitative estimate of drug-likeness (QED) is 0.644. The maximum atomic E-state index is 8.58. The van der Waals surface area contributed by atoms with Gasteiger partial charge in [0, 0.05) is 4.47 Å². The lowest BCUT2D eigenvalue weighted by atomic mass is 10.2. The van der Waals surface area contributed by atoms with Crippen LogP contribution in [0.5, 0.6) is 0 Å². The van der Waals surface area contributed by atoms with Gasteiger partial charge in [-0.05, 0) is 18.6 Å². The minimum atomic E-state index is 0.332. The van der Waals surface area contributed by atoms with Crippen LogP contribution in [0.1, 0.15) is 11.3 Å². The zero-order valence-electron chi connectivity index (χ0n) is 5.73. The summed E-state index contributed by atoms with van der Waals surface area (Å²) in [5.41, 5.74) is 1.18. The zero-order chi connectivity index (χ0) is 8.43. The molecule has 1 aromatic heterocycles. The van der Waals surface area contributed by atoms with Gasteiger partial charge in [0.2, 0.25) is 0 Å². The third-order valence-electron chi connectivity index (χ3n) is 1.28. The fourth-order valence-corrected chi connectivity index (χ4v) is 1.39. The van der Waals surface area contributed by atoms with Crippen molar-refractivity contribution >= 4 is 27.5 Å². The molecule has 0 amide bonds. The molecule has 1 aromatic rings. The second-order valence-electron chi connectivity index (χ2n) is 2.01. The Morgan fingerprint density at radius 3 is 2.91 bits per heavy atom. The smallest absolute Gasteiger partial charge is 0.146 e. The van der Waals surface area contributed by atoms with Gasteiger partial charge in [-0.15, -0.1) is 0 Å².